The van der Waals surface area contributed by atoms with Crippen molar-refractivity contribution < 1.29 is 19.4 Å². The molecule has 1 amide bonds. The maximum atomic E-state index is 12.3. The first-order valence-corrected chi connectivity index (χ1v) is 6.35. The van der Waals surface area contributed by atoms with Gasteiger partial charge >= 0.3 is 5.97 Å². The summed E-state index contributed by atoms with van der Waals surface area (Å²) in [7, 11) is 1.47. The van der Waals surface area contributed by atoms with Crippen LogP contribution < -0.4 is 10.1 Å². The standard InChI is InChI=1S/C15H21NO4/c1-9-6-7-11(20-5)10(8-9)13(17)16-12(14(18)19)15(2,3)4/h6-8,12H,1-5H3,(H,16,17)(H,18,19). The zero-order chi connectivity index (χ0) is 15.5. The molecule has 2 N–H and O–H groups in total. The third kappa shape index (κ3) is 3.73. The van der Waals surface area contributed by atoms with E-state index in [0.29, 0.717) is 11.3 Å². The first-order valence-electron chi connectivity index (χ1n) is 6.35. The van der Waals surface area contributed by atoms with Crippen molar-refractivity contribution in [2.75, 3.05) is 7.11 Å². The van der Waals surface area contributed by atoms with Gasteiger partial charge in [-0.05, 0) is 24.5 Å². The highest BCUT2D eigenvalue weighted by atomic mass is 16.5. The third-order valence-electron chi connectivity index (χ3n) is 2.99. The van der Waals surface area contributed by atoms with E-state index in [1.807, 2.05) is 13.0 Å². The van der Waals surface area contributed by atoms with Gasteiger partial charge in [0.1, 0.15) is 11.8 Å². The molecule has 0 heterocycles. The van der Waals surface area contributed by atoms with Crippen molar-refractivity contribution in [3.8, 4) is 5.75 Å². The SMILES string of the molecule is COc1ccc(C)cc1C(=O)NC(C(=O)O)C(C)(C)C. The Balaban J connectivity index is 3.07. The molecule has 0 saturated heterocycles. The monoisotopic (exact) mass is 279 g/mol. The topological polar surface area (TPSA) is 75.6 Å². The first kappa shape index (κ1) is 16.0. The number of ether oxygens (including phenoxy) is 1. The highest BCUT2D eigenvalue weighted by Crippen LogP contribution is 2.23. The molecule has 0 saturated carbocycles. The Morgan fingerprint density at radius 1 is 1.30 bits per heavy atom. The Morgan fingerprint density at radius 3 is 2.35 bits per heavy atom. The molecule has 1 atom stereocenters. The Bertz CT molecular complexity index is 517. The molecule has 0 bridgehead atoms. The van der Waals surface area contributed by atoms with Gasteiger partial charge in [0.2, 0.25) is 0 Å². The lowest BCUT2D eigenvalue weighted by atomic mass is 9.86. The Hall–Kier alpha value is -2.04. The average Bonchev–Trinajstić information content (AvgIpc) is 2.33. The number of hydrogen-bond donors (Lipinski definition) is 2. The van der Waals surface area contributed by atoms with E-state index < -0.39 is 23.3 Å². The van der Waals surface area contributed by atoms with Crippen molar-refractivity contribution in [2.45, 2.75) is 33.7 Å². The quantitative estimate of drug-likeness (QED) is 0.886. The van der Waals surface area contributed by atoms with Crippen LogP contribution in [0.4, 0.5) is 0 Å². The number of carboxylic acid groups (broad SMARTS) is 1. The fraction of sp³-hybridized carbons (Fsp3) is 0.467. The lowest BCUT2D eigenvalue weighted by Gasteiger charge is -2.28. The molecule has 0 aliphatic carbocycles. The number of benzene rings is 1. The third-order valence-corrected chi connectivity index (χ3v) is 2.99. The zero-order valence-corrected chi connectivity index (χ0v) is 12.5. The summed E-state index contributed by atoms with van der Waals surface area (Å²) in [6.07, 6.45) is 0. The summed E-state index contributed by atoms with van der Waals surface area (Å²) in [5.74, 6) is -1.09. The van der Waals surface area contributed by atoms with Crippen LogP contribution in [0, 0.1) is 12.3 Å². The lowest BCUT2D eigenvalue weighted by Crippen LogP contribution is -2.49. The second-order valence-electron chi connectivity index (χ2n) is 5.81. The van der Waals surface area contributed by atoms with Crippen LogP contribution in [0.5, 0.6) is 5.75 Å². The highest BCUT2D eigenvalue weighted by Gasteiger charge is 2.33. The summed E-state index contributed by atoms with van der Waals surface area (Å²) in [6.45, 7) is 7.15. The highest BCUT2D eigenvalue weighted by molar-refractivity contribution is 5.99. The van der Waals surface area contributed by atoms with E-state index in [4.69, 9.17) is 4.74 Å². The molecule has 0 fully saturated rings. The molecule has 0 aliphatic heterocycles. The Kier molecular flexibility index (Phi) is 4.76. The van der Waals surface area contributed by atoms with Crippen LogP contribution in [0.15, 0.2) is 18.2 Å². The van der Waals surface area contributed by atoms with Gasteiger partial charge in [-0.3, -0.25) is 4.79 Å². The van der Waals surface area contributed by atoms with Crippen molar-refractivity contribution in [2.24, 2.45) is 5.41 Å². The second kappa shape index (κ2) is 5.94. The van der Waals surface area contributed by atoms with Crippen LogP contribution in [-0.2, 0) is 4.79 Å². The van der Waals surface area contributed by atoms with Crippen molar-refractivity contribution in [1.82, 2.24) is 5.32 Å². The van der Waals surface area contributed by atoms with Crippen molar-refractivity contribution >= 4 is 11.9 Å². The largest absolute Gasteiger partial charge is 0.496 e. The minimum Gasteiger partial charge on any atom is -0.496 e. The predicted molar refractivity (Wildman–Crippen MR) is 76.1 cm³/mol. The number of methoxy groups -OCH3 is 1. The van der Waals surface area contributed by atoms with E-state index in [9.17, 15) is 14.7 Å². The van der Waals surface area contributed by atoms with Gasteiger partial charge in [-0.1, -0.05) is 32.4 Å². The van der Waals surface area contributed by atoms with Gasteiger partial charge < -0.3 is 15.2 Å². The van der Waals surface area contributed by atoms with Crippen LogP contribution >= 0.6 is 0 Å². The van der Waals surface area contributed by atoms with E-state index in [-0.39, 0.29) is 0 Å². The fourth-order valence-corrected chi connectivity index (χ4v) is 1.86. The van der Waals surface area contributed by atoms with E-state index in [2.05, 4.69) is 5.32 Å². The predicted octanol–water partition coefficient (Wildman–Crippen LogP) is 2.23. The maximum absolute atomic E-state index is 12.3. The summed E-state index contributed by atoms with van der Waals surface area (Å²) in [4.78, 5) is 23.6. The van der Waals surface area contributed by atoms with Gasteiger partial charge in [0.15, 0.2) is 0 Å². The number of nitrogens with one attached hydrogen (secondary N) is 1. The molecular formula is C15H21NO4. The molecule has 1 aromatic rings. The first-order chi connectivity index (χ1) is 9.16. The number of rotatable bonds is 4. The Labute approximate surface area is 118 Å². The van der Waals surface area contributed by atoms with Gasteiger partial charge in [0.25, 0.3) is 5.91 Å². The number of amides is 1. The van der Waals surface area contributed by atoms with Crippen molar-refractivity contribution in [3.63, 3.8) is 0 Å². The fourth-order valence-electron chi connectivity index (χ4n) is 1.86. The zero-order valence-electron chi connectivity index (χ0n) is 12.5. The molecule has 0 spiro atoms. The molecule has 110 valence electrons. The van der Waals surface area contributed by atoms with Gasteiger partial charge in [0.05, 0.1) is 12.7 Å². The van der Waals surface area contributed by atoms with Crippen LogP contribution in [0.1, 0.15) is 36.7 Å². The number of hydrogen-bond acceptors (Lipinski definition) is 3. The number of aryl methyl sites for hydroxylation is 1. The Morgan fingerprint density at radius 2 is 1.90 bits per heavy atom. The molecule has 0 radical (unpaired) electrons. The van der Waals surface area contributed by atoms with Crippen LogP contribution in [0.25, 0.3) is 0 Å². The van der Waals surface area contributed by atoms with Gasteiger partial charge in [0, 0.05) is 0 Å². The van der Waals surface area contributed by atoms with E-state index in [1.54, 1.807) is 32.9 Å². The maximum Gasteiger partial charge on any atom is 0.326 e. The number of carbonyl (C=O) groups is 2. The smallest absolute Gasteiger partial charge is 0.326 e. The van der Waals surface area contributed by atoms with Crippen molar-refractivity contribution in [3.05, 3.63) is 29.3 Å². The lowest BCUT2D eigenvalue weighted by molar-refractivity contribution is -0.142. The summed E-state index contributed by atoms with van der Waals surface area (Å²) < 4.78 is 5.14. The molecule has 1 unspecified atom stereocenters. The van der Waals surface area contributed by atoms with Crippen molar-refractivity contribution in [1.29, 1.82) is 0 Å². The molecule has 20 heavy (non-hydrogen) atoms. The van der Waals surface area contributed by atoms with Crippen LogP contribution in [-0.4, -0.2) is 30.1 Å². The van der Waals surface area contributed by atoms with Gasteiger partial charge in [-0.15, -0.1) is 0 Å². The molecule has 5 heteroatoms. The second-order valence-corrected chi connectivity index (χ2v) is 5.81. The number of aliphatic carboxylic acids is 1. The molecule has 5 nitrogen and oxygen atoms in total. The van der Waals surface area contributed by atoms with E-state index in [1.165, 1.54) is 7.11 Å². The normalized spacial score (nSPS) is 12.7. The number of carboxylic acids is 1. The van der Waals surface area contributed by atoms with E-state index >= 15 is 0 Å². The summed E-state index contributed by atoms with van der Waals surface area (Å²) in [6, 6.07) is 4.22. The minimum atomic E-state index is -1.06. The minimum absolute atomic E-state index is 0.336. The summed E-state index contributed by atoms with van der Waals surface area (Å²) >= 11 is 0. The summed E-state index contributed by atoms with van der Waals surface area (Å²) in [5, 5.41) is 11.8. The summed E-state index contributed by atoms with van der Waals surface area (Å²) in [5.41, 5.74) is 0.653. The molecule has 0 aliphatic rings. The molecule has 1 rings (SSSR count). The average molecular weight is 279 g/mol. The molecular weight excluding hydrogens is 258 g/mol. The van der Waals surface area contributed by atoms with E-state index in [0.717, 1.165) is 5.56 Å². The molecule has 0 aromatic heterocycles. The molecule has 1 aromatic carbocycles. The van der Waals surface area contributed by atoms with Gasteiger partial charge in [-0.2, -0.15) is 0 Å². The van der Waals surface area contributed by atoms with Crippen LogP contribution in [0.3, 0.4) is 0 Å². The van der Waals surface area contributed by atoms with Crippen LogP contribution in [0.2, 0.25) is 0 Å². The number of carbonyl (C=O) groups excluding carboxylic acids is 1. The van der Waals surface area contributed by atoms with Gasteiger partial charge in [-0.25, -0.2) is 4.79 Å².